The number of hydrogen-bond donors (Lipinski definition) is 1. The SMILES string of the molecule is O=C(O)c1cc(C2=C(c3cc(C(F)(F)F)ccc3OCc3ccc(F)cc3F)CCC2)cc(N2CCOCC2)c1. The maximum atomic E-state index is 14.2. The summed E-state index contributed by atoms with van der Waals surface area (Å²) in [6.45, 7) is 1.85. The molecule has 0 saturated carbocycles. The smallest absolute Gasteiger partial charge is 0.416 e. The lowest BCUT2D eigenvalue weighted by Gasteiger charge is -2.29. The molecule has 0 radical (unpaired) electrons. The topological polar surface area (TPSA) is 59.0 Å². The number of anilines is 1. The summed E-state index contributed by atoms with van der Waals surface area (Å²) in [6.07, 6.45) is -2.98. The van der Waals surface area contributed by atoms with Crippen LogP contribution in [0, 0.1) is 11.6 Å². The summed E-state index contributed by atoms with van der Waals surface area (Å²) in [5, 5.41) is 9.79. The number of alkyl halides is 3. The van der Waals surface area contributed by atoms with Crippen LogP contribution in [-0.4, -0.2) is 37.4 Å². The third kappa shape index (κ3) is 5.96. The zero-order valence-electron chi connectivity index (χ0n) is 21.4. The first kappa shape index (κ1) is 27.6. The standard InChI is InChI=1S/C30H26F5NO4/c31-22-6-4-18(27(32)16-22)17-40-28-7-5-21(30(33,34)35)15-26(28)25-3-1-2-24(25)19-12-20(29(37)38)14-23(13-19)36-8-10-39-11-9-36/h4-7,12-16H,1-3,8-11,17H2,(H,37,38). The summed E-state index contributed by atoms with van der Waals surface area (Å²) in [4.78, 5) is 14.0. The maximum absolute atomic E-state index is 14.2. The van der Waals surface area contributed by atoms with Crippen LogP contribution in [0.5, 0.6) is 5.75 Å². The number of carboxylic acid groups (broad SMARTS) is 1. The molecule has 3 aromatic carbocycles. The highest BCUT2D eigenvalue weighted by Gasteiger charge is 2.32. The zero-order chi connectivity index (χ0) is 28.4. The number of nitrogens with zero attached hydrogens (tertiary/aromatic N) is 1. The van der Waals surface area contributed by atoms with Gasteiger partial charge in [-0.15, -0.1) is 0 Å². The number of carbonyl (C=O) groups is 1. The summed E-state index contributed by atoms with van der Waals surface area (Å²) in [6, 6.07) is 11.1. The minimum absolute atomic E-state index is 0.0529. The van der Waals surface area contributed by atoms with E-state index in [0.29, 0.717) is 68.5 Å². The largest absolute Gasteiger partial charge is 0.488 e. The molecule has 2 aliphatic rings. The van der Waals surface area contributed by atoms with Crippen LogP contribution in [0.4, 0.5) is 27.6 Å². The number of morpholine rings is 1. The van der Waals surface area contributed by atoms with Crippen molar-refractivity contribution >= 4 is 22.8 Å². The lowest BCUT2D eigenvalue weighted by molar-refractivity contribution is -0.137. The number of hydrogen-bond acceptors (Lipinski definition) is 4. The number of benzene rings is 3. The van der Waals surface area contributed by atoms with Crippen molar-refractivity contribution in [3.05, 3.63) is 94.0 Å². The Bertz CT molecular complexity index is 1460. The van der Waals surface area contributed by atoms with E-state index in [9.17, 15) is 31.9 Å². The quantitative estimate of drug-likeness (QED) is 0.311. The minimum Gasteiger partial charge on any atom is -0.488 e. The van der Waals surface area contributed by atoms with Crippen LogP contribution in [-0.2, 0) is 17.5 Å². The number of carboxylic acids is 1. The Kier molecular flexibility index (Phi) is 7.80. The molecule has 0 spiro atoms. The van der Waals surface area contributed by atoms with E-state index < -0.39 is 29.3 Å². The summed E-state index contributed by atoms with van der Waals surface area (Å²) in [7, 11) is 0. The summed E-state index contributed by atoms with van der Waals surface area (Å²) >= 11 is 0. The molecule has 0 atom stereocenters. The fourth-order valence-electron chi connectivity index (χ4n) is 5.13. The molecule has 1 fully saturated rings. The first-order chi connectivity index (χ1) is 19.1. The Labute approximate surface area is 227 Å². The fraction of sp³-hybridized carbons (Fsp3) is 0.300. The molecule has 40 heavy (non-hydrogen) atoms. The van der Waals surface area contributed by atoms with E-state index in [1.165, 1.54) is 18.2 Å². The summed E-state index contributed by atoms with van der Waals surface area (Å²) < 4.78 is 79.9. The number of halogens is 5. The minimum atomic E-state index is -4.61. The molecule has 1 heterocycles. The predicted molar refractivity (Wildman–Crippen MR) is 139 cm³/mol. The van der Waals surface area contributed by atoms with Crippen LogP contribution >= 0.6 is 0 Å². The van der Waals surface area contributed by atoms with E-state index in [1.54, 1.807) is 6.07 Å². The van der Waals surface area contributed by atoms with Crippen LogP contribution in [0.2, 0.25) is 0 Å². The molecule has 0 aromatic heterocycles. The zero-order valence-corrected chi connectivity index (χ0v) is 21.4. The molecule has 1 saturated heterocycles. The van der Waals surface area contributed by atoms with Crippen molar-refractivity contribution in [2.75, 3.05) is 31.2 Å². The van der Waals surface area contributed by atoms with Gasteiger partial charge in [-0.3, -0.25) is 0 Å². The number of allylic oxidation sites excluding steroid dienone is 2. The van der Waals surface area contributed by atoms with E-state index in [1.807, 2.05) is 11.0 Å². The molecular weight excluding hydrogens is 533 g/mol. The van der Waals surface area contributed by atoms with Gasteiger partial charge in [-0.05, 0) is 84.5 Å². The van der Waals surface area contributed by atoms with Crippen molar-refractivity contribution in [2.45, 2.75) is 32.0 Å². The number of rotatable bonds is 7. The molecule has 0 bridgehead atoms. The summed E-state index contributed by atoms with van der Waals surface area (Å²) in [5.74, 6) is -2.57. The molecule has 1 N–H and O–H groups in total. The van der Waals surface area contributed by atoms with Crippen molar-refractivity contribution in [3.8, 4) is 5.75 Å². The molecule has 5 nitrogen and oxygen atoms in total. The highest BCUT2D eigenvalue weighted by atomic mass is 19.4. The molecule has 1 aliphatic carbocycles. The van der Waals surface area contributed by atoms with E-state index in [2.05, 4.69) is 0 Å². The van der Waals surface area contributed by atoms with Crippen molar-refractivity contribution in [1.82, 2.24) is 0 Å². The summed E-state index contributed by atoms with van der Waals surface area (Å²) in [5.41, 5.74) is 2.12. The second kappa shape index (κ2) is 11.3. The van der Waals surface area contributed by atoms with Gasteiger partial charge in [0.1, 0.15) is 24.0 Å². The average Bonchev–Trinajstić information content (AvgIpc) is 3.42. The van der Waals surface area contributed by atoms with Gasteiger partial charge in [0.05, 0.1) is 24.3 Å². The Morgan fingerprint density at radius 2 is 1.70 bits per heavy atom. The average molecular weight is 560 g/mol. The van der Waals surface area contributed by atoms with Crippen molar-refractivity contribution in [2.24, 2.45) is 0 Å². The van der Waals surface area contributed by atoms with Crippen LogP contribution < -0.4 is 9.64 Å². The van der Waals surface area contributed by atoms with Crippen LogP contribution in [0.15, 0.2) is 54.6 Å². The van der Waals surface area contributed by atoms with Crippen LogP contribution in [0.1, 0.15) is 51.9 Å². The molecule has 3 aromatic rings. The molecular formula is C30H26F5NO4. The predicted octanol–water partition coefficient (Wildman–Crippen LogP) is 7.19. The normalized spacial score (nSPS) is 16.0. The van der Waals surface area contributed by atoms with Gasteiger partial charge in [-0.1, -0.05) is 0 Å². The van der Waals surface area contributed by atoms with Crippen molar-refractivity contribution in [1.29, 1.82) is 0 Å². The van der Waals surface area contributed by atoms with Crippen molar-refractivity contribution in [3.63, 3.8) is 0 Å². The lowest BCUT2D eigenvalue weighted by atomic mass is 9.93. The van der Waals surface area contributed by atoms with E-state index in [4.69, 9.17) is 9.47 Å². The fourth-order valence-corrected chi connectivity index (χ4v) is 5.13. The Morgan fingerprint density at radius 1 is 0.950 bits per heavy atom. The highest BCUT2D eigenvalue weighted by Crippen LogP contribution is 2.45. The van der Waals surface area contributed by atoms with Gasteiger partial charge in [0.15, 0.2) is 0 Å². The van der Waals surface area contributed by atoms with Gasteiger partial charge >= 0.3 is 12.1 Å². The third-order valence-corrected chi connectivity index (χ3v) is 7.14. The first-order valence-corrected chi connectivity index (χ1v) is 12.8. The van der Waals surface area contributed by atoms with Gasteiger partial charge in [0, 0.05) is 36.0 Å². The Balaban J connectivity index is 1.59. The van der Waals surface area contributed by atoms with E-state index >= 15 is 0 Å². The molecule has 1 aliphatic heterocycles. The Hall–Kier alpha value is -3.92. The first-order valence-electron chi connectivity index (χ1n) is 12.8. The van der Waals surface area contributed by atoms with Gasteiger partial charge in [-0.25, -0.2) is 13.6 Å². The second-order valence-corrected chi connectivity index (χ2v) is 9.72. The van der Waals surface area contributed by atoms with Crippen LogP contribution in [0.25, 0.3) is 11.1 Å². The molecule has 0 unspecified atom stereocenters. The molecule has 0 amide bonds. The number of ether oxygens (including phenoxy) is 2. The maximum Gasteiger partial charge on any atom is 0.416 e. The van der Waals surface area contributed by atoms with E-state index in [0.717, 1.165) is 23.8 Å². The van der Waals surface area contributed by atoms with Gasteiger partial charge in [0.25, 0.3) is 0 Å². The molecule has 5 rings (SSSR count). The second-order valence-electron chi connectivity index (χ2n) is 9.72. The van der Waals surface area contributed by atoms with Crippen LogP contribution in [0.3, 0.4) is 0 Å². The van der Waals surface area contributed by atoms with Crippen molar-refractivity contribution < 1.29 is 41.3 Å². The van der Waals surface area contributed by atoms with E-state index in [-0.39, 0.29) is 29.0 Å². The monoisotopic (exact) mass is 559 g/mol. The molecule has 210 valence electrons. The molecule has 10 heteroatoms. The lowest BCUT2D eigenvalue weighted by Crippen LogP contribution is -2.36. The Morgan fingerprint density at radius 3 is 2.40 bits per heavy atom. The van der Waals surface area contributed by atoms with Gasteiger partial charge in [0.2, 0.25) is 0 Å². The number of aromatic carboxylic acids is 1. The highest BCUT2D eigenvalue weighted by molar-refractivity contribution is 5.97. The van der Waals surface area contributed by atoms with Gasteiger partial charge in [-0.2, -0.15) is 13.2 Å². The third-order valence-electron chi connectivity index (χ3n) is 7.14. The van der Waals surface area contributed by atoms with Gasteiger partial charge < -0.3 is 19.5 Å².